The van der Waals surface area contributed by atoms with E-state index in [2.05, 4.69) is 11.3 Å². The van der Waals surface area contributed by atoms with Gasteiger partial charge in [0.2, 0.25) is 5.91 Å². The molecule has 0 saturated carbocycles. The Morgan fingerprint density at radius 3 is 2.71 bits per heavy atom. The number of thiophene rings is 1. The molecule has 0 bridgehead atoms. The molecule has 1 aromatic heterocycles. The van der Waals surface area contributed by atoms with E-state index in [4.69, 9.17) is 4.74 Å². The highest BCUT2D eigenvalue weighted by Gasteiger charge is 2.37. The van der Waals surface area contributed by atoms with Crippen LogP contribution in [0.15, 0.2) is 47.2 Å². The van der Waals surface area contributed by atoms with Crippen molar-refractivity contribution >= 4 is 38.6 Å². The zero-order valence-corrected chi connectivity index (χ0v) is 17.8. The Kier molecular flexibility index (Phi) is 5.54. The lowest BCUT2D eigenvalue weighted by Crippen LogP contribution is -2.42. The summed E-state index contributed by atoms with van der Waals surface area (Å²) in [6, 6.07) is 8.38. The van der Waals surface area contributed by atoms with Crippen molar-refractivity contribution in [2.45, 2.75) is 31.4 Å². The summed E-state index contributed by atoms with van der Waals surface area (Å²) in [5, 5.41) is 0. The molecule has 0 atom stereocenters. The number of nitrogens with zero attached hydrogens (tertiary/aromatic N) is 1. The number of rotatable bonds is 6. The largest absolute Gasteiger partial charge is 0.490 e. The molecule has 1 aromatic carbocycles. The number of hydrogen-bond acceptors (Lipinski definition) is 5. The summed E-state index contributed by atoms with van der Waals surface area (Å²) in [4.78, 5) is 15.5. The van der Waals surface area contributed by atoms with Gasteiger partial charge in [0, 0.05) is 17.5 Å². The predicted octanol–water partition coefficient (Wildman–Crippen LogP) is 4.05. The first-order chi connectivity index (χ1) is 13.2. The molecule has 3 rings (SSSR count). The zero-order chi connectivity index (χ0) is 20.5. The van der Waals surface area contributed by atoms with Crippen LogP contribution >= 0.6 is 11.3 Å². The summed E-state index contributed by atoms with van der Waals surface area (Å²) in [5.74, 6) is 0.395. The van der Waals surface area contributed by atoms with Gasteiger partial charge in [0.25, 0.3) is 10.0 Å². The van der Waals surface area contributed by atoms with Gasteiger partial charge in [0.15, 0.2) is 0 Å². The summed E-state index contributed by atoms with van der Waals surface area (Å²) in [7, 11) is -3.68. The molecule has 2 heterocycles. The molecule has 1 amide bonds. The molecule has 1 N–H and O–H groups in total. The van der Waals surface area contributed by atoms with Gasteiger partial charge in [-0.25, -0.2) is 8.42 Å². The second-order valence-electron chi connectivity index (χ2n) is 7.24. The van der Waals surface area contributed by atoms with Crippen LogP contribution in [0.3, 0.4) is 0 Å². The number of hydrogen-bond donors (Lipinski definition) is 1. The summed E-state index contributed by atoms with van der Waals surface area (Å²) < 4.78 is 34.1. The van der Waals surface area contributed by atoms with E-state index in [1.807, 2.05) is 26.8 Å². The molecule has 0 unspecified atom stereocenters. The van der Waals surface area contributed by atoms with Crippen LogP contribution in [0.1, 0.15) is 25.6 Å². The second kappa shape index (κ2) is 7.60. The summed E-state index contributed by atoms with van der Waals surface area (Å²) in [6.07, 6.45) is 2.44. The summed E-state index contributed by atoms with van der Waals surface area (Å²) >= 11 is 1.25. The average molecular weight is 421 g/mol. The number of ether oxygens (including phenoxy) is 1. The third-order valence-corrected chi connectivity index (χ3v) is 7.58. The van der Waals surface area contributed by atoms with E-state index in [0.29, 0.717) is 23.7 Å². The lowest BCUT2D eigenvalue weighted by Gasteiger charge is -2.27. The van der Waals surface area contributed by atoms with E-state index in [1.54, 1.807) is 35.2 Å². The maximum absolute atomic E-state index is 12.8. The normalized spacial score (nSPS) is 16.1. The summed E-state index contributed by atoms with van der Waals surface area (Å²) in [5.41, 5.74) is 0.286. The standard InChI is InChI=1S/C20H24N2O4S2/c1-5-11-22-16-9-7-14(12-17(16)26-13-20(3,4)19(22)23)21-28(24,25)18-10-8-15(6-2)27-18/h5,7-10,12,21H,1,6,11,13H2,2-4H3. The van der Waals surface area contributed by atoms with Crippen LogP contribution in [0.5, 0.6) is 5.75 Å². The Bertz CT molecular complexity index is 1010. The van der Waals surface area contributed by atoms with Gasteiger partial charge >= 0.3 is 0 Å². The third-order valence-electron chi connectivity index (χ3n) is 4.48. The fourth-order valence-corrected chi connectivity index (χ4v) is 5.26. The topological polar surface area (TPSA) is 75.7 Å². The Hall–Kier alpha value is -2.32. The molecule has 150 valence electrons. The Morgan fingerprint density at radius 1 is 1.32 bits per heavy atom. The average Bonchev–Trinajstić information content (AvgIpc) is 3.11. The van der Waals surface area contributed by atoms with E-state index < -0.39 is 15.4 Å². The van der Waals surface area contributed by atoms with E-state index >= 15 is 0 Å². The fraction of sp³-hybridized carbons (Fsp3) is 0.350. The van der Waals surface area contributed by atoms with Crippen LogP contribution in [-0.2, 0) is 21.2 Å². The van der Waals surface area contributed by atoms with Gasteiger partial charge in [-0.15, -0.1) is 17.9 Å². The monoisotopic (exact) mass is 420 g/mol. The van der Waals surface area contributed by atoms with Gasteiger partial charge < -0.3 is 9.64 Å². The van der Waals surface area contributed by atoms with Gasteiger partial charge in [0.05, 0.1) is 16.8 Å². The lowest BCUT2D eigenvalue weighted by molar-refractivity contribution is -0.127. The molecule has 0 radical (unpaired) electrons. The molecule has 0 saturated heterocycles. The van der Waals surface area contributed by atoms with Crippen molar-refractivity contribution in [2.24, 2.45) is 5.41 Å². The highest BCUT2D eigenvalue weighted by Crippen LogP contribution is 2.38. The highest BCUT2D eigenvalue weighted by molar-refractivity contribution is 7.94. The smallest absolute Gasteiger partial charge is 0.271 e. The number of carbonyl (C=O) groups is 1. The van der Waals surface area contributed by atoms with Crippen molar-refractivity contribution in [1.82, 2.24) is 0 Å². The molecular weight excluding hydrogens is 396 g/mol. The minimum Gasteiger partial charge on any atom is -0.490 e. The van der Waals surface area contributed by atoms with Crippen molar-refractivity contribution in [3.63, 3.8) is 0 Å². The Labute approximate surface area is 169 Å². The molecule has 0 spiro atoms. The molecule has 2 aromatic rings. The van der Waals surface area contributed by atoms with E-state index in [-0.39, 0.29) is 16.7 Å². The number of benzene rings is 1. The van der Waals surface area contributed by atoms with Crippen molar-refractivity contribution in [2.75, 3.05) is 22.8 Å². The SMILES string of the molecule is C=CCN1C(=O)C(C)(C)COc2cc(NS(=O)(=O)c3ccc(CC)s3)ccc21. The fourth-order valence-electron chi connectivity index (χ4n) is 2.92. The van der Waals surface area contributed by atoms with Crippen LogP contribution in [0, 0.1) is 5.41 Å². The molecule has 6 nitrogen and oxygen atoms in total. The van der Waals surface area contributed by atoms with Gasteiger partial charge in [-0.1, -0.05) is 13.0 Å². The van der Waals surface area contributed by atoms with Crippen molar-refractivity contribution < 1.29 is 17.9 Å². The molecule has 8 heteroatoms. The lowest BCUT2D eigenvalue weighted by atomic mass is 9.93. The molecule has 0 fully saturated rings. The van der Waals surface area contributed by atoms with E-state index in [0.717, 1.165) is 11.3 Å². The van der Waals surface area contributed by atoms with Crippen LogP contribution in [-0.4, -0.2) is 27.5 Å². The minimum atomic E-state index is -3.68. The molecule has 0 aliphatic carbocycles. The van der Waals surface area contributed by atoms with Crippen molar-refractivity contribution in [1.29, 1.82) is 0 Å². The maximum Gasteiger partial charge on any atom is 0.271 e. The molecule has 28 heavy (non-hydrogen) atoms. The molecule has 1 aliphatic heterocycles. The van der Waals surface area contributed by atoms with Crippen LogP contribution < -0.4 is 14.4 Å². The number of nitrogens with one attached hydrogen (secondary N) is 1. The third kappa shape index (κ3) is 3.93. The zero-order valence-electron chi connectivity index (χ0n) is 16.2. The van der Waals surface area contributed by atoms with Gasteiger partial charge in [0.1, 0.15) is 16.6 Å². The first kappa shape index (κ1) is 20.4. The highest BCUT2D eigenvalue weighted by atomic mass is 32.2. The van der Waals surface area contributed by atoms with Gasteiger partial charge in [-0.05, 0) is 44.5 Å². The number of aryl methyl sites for hydroxylation is 1. The molecule has 1 aliphatic rings. The van der Waals surface area contributed by atoms with Crippen molar-refractivity contribution in [3.05, 3.63) is 47.9 Å². The first-order valence-corrected chi connectivity index (χ1v) is 11.3. The number of carbonyl (C=O) groups excluding carboxylic acids is 1. The Balaban J connectivity index is 1.94. The quantitative estimate of drug-likeness (QED) is 0.716. The Morgan fingerprint density at radius 2 is 2.07 bits per heavy atom. The van der Waals surface area contributed by atoms with Crippen LogP contribution in [0.25, 0.3) is 0 Å². The minimum absolute atomic E-state index is 0.0647. The summed E-state index contributed by atoms with van der Waals surface area (Å²) in [6.45, 7) is 9.90. The number of sulfonamides is 1. The number of fused-ring (bicyclic) bond motifs is 1. The predicted molar refractivity (Wildman–Crippen MR) is 113 cm³/mol. The second-order valence-corrected chi connectivity index (χ2v) is 10.3. The molecular formula is C20H24N2O4S2. The first-order valence-electron chi connectivity index (χ1n) is 8.99. The number of anilines is 2. The van der Waals surface area contributed by atoms with Gasteiger partial charge in [-0.3, -0.25) is 9.52 Å². The number of amides is 1. The van der Waals surface area contributed by atoms with Crippen LogP contribution in [0.2, 0.25) is 0 Å². The van der Waals surface area contributed by atoms with Crippen molar-refractivity contribution in [3.8, 4) is 5.75 Å². The maximum atomic E-state index is 12.8. The van der Waals surface area contributed by atoms with Gasteiger partial charge in [-0.2, -0.15) is 0 Å². The van der Waals surface area contributed by atoms with E-state index in [1.165, 1.54) is 11.3 Å². The van der Waals surface area contributed by atoms with E-state index in [9.17, 15) is 13.2 Å². The van der Waals surface area contributed by atoms with Crippen LogP contribution in [0.4, 0.5) is 11.4 Å².